The van der Waals surface area contributed by atoms with Crippen molar-refractivity contribution >= 4 is 0 Å². The molecule has 0 heteroatoms. The van der Waals surface area contributed by atoms with E-state index in [0.29, 0.717) is 0 Å². The third-order valence-corrected chi connectivity index (χ3v) is 6.25. The van der Waals surface area contributed by atoms with Crippen LogP contribution in [0.1, 0.15) is 120 Å². The second kappa shape index (κ2) is 14.9. The van der Waals surface area contributed by atoms with E-state index in [0.717, 1.165) is 29.6 Å². The Morgan fingerprint density at radius 1 is 0.720 bits per heavy atom. The molecule has 0 saturated heterocycles. The molecule has 25 heavy (non-hydrogen) atoms. The van der Waals surface area contributed by atoms with Crippen LogP contribution in [0.25, 0.3) is 0 Å². The lowest BCUT2D eigenvalue weighted by Crippen LogP contribution is -2.11. The summed E-state index contributed by atoms with van der Waals surface area (Å²) in [7, 11) is 0. The highest BCUT2D eigenvalue weighted by molar-refractivity contribution is 5.02. The molecule has 0 aromatic heterocycles. The Hall–Kier alpha value is -0.260. The van der Waals surface area contributed by atoms with Gasteiger partial charge in [-0.1, -0.05) is 105 Å². The first-order chi connectivity index (χ1) is 11.8. The molecule has 0 N–H and O–H groups in total. The number of hydrogen-bond donors (Lipinski definition) is 0. The molecule has 0 aromatic rings. The summed E-state index contributed by atoms with van der Waals surface area (Å²) in [6.45, 7) is 19.0. The molecular weight excluding hydrogens is 300 g/mol. The van der Waals surface area contributed by atoms with E-state index >= 15 is 0 Å². The number of unbranched alkanes of at least 4 members (excludes halogenated alkanes) is 3. The highest BCUT2D eigenvalue weighted by atomic mass is 14.2. The maximum absolute atomic E-state index is 2.48. The fourth-order valence-corrected chi connectivity index (χ4v) is 4.07. The maximum Gasteiger partial charge on any atom is -0.0292 e. The van der Waals surface area contributed by atoms with Gasteiger partial charge in [0.2, 0.25) is 0 Å². The van der Waals surface area contributed by atoms with Gasteiger partial charge in [-0.25, -0.2) is 0 Å². The van der Waals surface area contributed by atoms with Gasteiger partial charge >= 0.3 is 0 Å². The van der Waals surface area contributed by atoms with Crippen LogP contribution in [0.3, 0.4) is 0 Å². The first kappa shape index (κ1) is 24.7. The highest BCUT2D eigenvalue weighted by Crippen LogP contribution is 2.29. The molecule has 150 valence electrons. The highest BCUT2D eigenvalue weighted by Gasteiger charge is 2.15. The average Bonchev–Trinajstić information content (AvgIpc) is 2.55. The van der Waals surface area contributed by atoms with Gasteiger partial charge in [0.25, 0.3) is 0 Å². The lowest BCUT2D eigenvalue weighted by molar-refractivity contribution is 0.338. The molecule has 0 radical (unpaired) electrons. The van der Waals surface area contributed by atoms with Crippen molar-refractivity contribution in [1.29, 1.82) is 0 Å². The quantitative estimate of drug-likeness (QED) is 0.204. The normalized spacial score (nSPS) is 17.6. The topological polar surface area (TPSA) is 0 Å². The second-order valence-electron chi connectivity index (χ2n) is 9.55. The van der Waals surface area contributed by atoms with E-state index in [9.17, 15) is 0 Å². The van der Waals surface area contributed by atoms with E-state index in [1.807, 2.05) is 0 Å². The third-order valence-electron chi connectivity index (χ3n) is 6.25. The Morgan fingerprint density at radius 3 is 1.84 bits per heavy atom. The van der Waals surface area contributed by atoms with Crippen molar-refractivity contribution in [3.05, 3.63) is 11.6 Å². The van der Waals surface area contributed by atoms with Crippen molar-refractivity contribution in [1.82, 2.24) is 0 Å². The van der Waals surface area contributed by atoms with Crippen LogP contribution in [-0.2, 0) is 0 Å². The van der Waals surface area contributed by atoms with Gasteiger partial charge in [0.05, 0.1) is 0 Å². The fraction of sp³-hybridized carbons (Fsp3) is 0.920. The summed E-state index contributed by atoms with van der Waals surface area (Å²) in [6, 6.07) is 0. The molecule has 0 amide bonds. The predicted octanol–water partition coefficient (Wildman–Crippen LogP) is 9.05. The molecule has 0 rings (SSSR count). The molecule has 0 nitrogen and oxygen atoms in total. The Labute approximate surface area is 161 Å². The number of allylic oxidation sites excluding steroid dienone is 2. The van der Waals surface area contributed by atoms with Crippen molar-refractivity contribution < 1.29 is 0 Å². The smallest absolute Gasteiger partial charge is 0.0292 e. The molecule has 0 bridgehead atoms. The first-order valence-electron chi connectivity index (χ1n) is 11.4. The van der Waals surface area contributed by atoms with Gasteiger partial charge in [0.15, 0.2) is 0 Å². The minimum atomic E-state index is 0.824. The van der Waals surface area contributed by atoms with Crippen molar-refractivity contribution in [2.45, 2.75) is 120 Å². The molecular formula is C25H50. The molecule has 0 aliphatic heterocycles. The summed E-state index contributed by atoms with van der Waals surface area (Å²) < 4.78 is 0. The van der Waals surface area contributed by atoms with E-state index in [1.54, 1.807) is 5.57 Å². The summed E-state index contributed by atoms with van der Waals surface area (Å²) in [5.41, 5.74) is 1.70. The Bertz CT molecular complexity index is 325. The van der Waals surface area contributed by atoms with E-state index in [-0.39, 0.29) is 0 Å². The average molecular weight is 351 g/mol. The van der Waals surface area contributed by atoms with Gasteiger partial charge in [0.1, 0.15) is 0 Å². The van der Waals surface area contributed by atoms with Crippen LogP contribution in [-0.4, -0.2) is 0 Å². The largest absolute Gasteiger partial charge is 0.0884 e. The lowest BCUT2D eigenvalue weighted by atomic mass is 9.83. The van der Waals surface area contributed by atoms with Gasteiger partial charge in [-0.15, -0.1) is 0 Å². The van der Waals surface area contributed by atoms with Crippen LogP contribution in [0.2, 0.25) is 0 Å². The van der Waals surface area contributed by atoms with Gasteiger partial charge < -0.3 is 0 Å². The van der Waals surface area contributed by atoms with Crippen LogP contribution in [0, 0.1) is 29.6 Å². The van der Waals surface area contributed by atoms with Gasteiger partial charge in [-0.05, 0) is 55.8 Å². The Balaban J connectivity index is 3.97. The standard InChI is InChI=1S/C25H50/c1-9-21(5)15-13-11-12-14-16-23(7)24(8)19-25(10-2)18-22(6)17-20(3)4/h10,20-24H,9,11-19H2,1-8H3. The molecule has 0 spiro atoms. The van der Waals surface area contributed by atoms with Gasteiger partial charge in [0, 0.05) is 0 Å². The zero-order valence-corrected chi connectivity index (χ0v) is 19.0. The monoisotopic (exact) mass is 350 g/mol. The summed E-state index contributed by atoms with van der Waals surface area (Å²) in [6.07, 6.45) is 16.3. The van der Waals surface area contributed by atoms with E-state index in [2.05, 4.69) is 61.5 Å². The molecule has 4 unspecified atom stereocenters. The third kappa shape index (κ3) is 13.6. The van der Waals surface area contributed by atoms with Crippen LogP contribution in [0.5, 0.6) is 0 Å². The summed E-state index contributed by atoms with van der Waals surface area (Å²) >= 11 is 0. The fourth-order valence-electron chi connectivity index (χ4n) is 4.07. The Kier molecular flexibility index (Phi) is 14.7. The number of rotatable bonds is 15. The maximum atomic E-state index is 2.48. The molecule has 0 aliphatic rings. The van der Waals surface area contributed by atoms with Crippen LogP contribution in [0.4, 0.5) is 0 Å². The molecule has 0 fully saturated rings. The zero-order valence-electron chi connectivity index (χ0n) is 19.0. The summed E-state index contributed by atoms with van der Waals surface area (Å²) in [5.74, 6) is 4.28. The van der Waals surface area contributed by atoms with E-state index in [1.165, 1.54) is 64.2 Å². The van der Waals surface area contributed by atoms with Crippen molar-refractivity contribution in [2.75, 3.05) is 0 Å². The predicted molar refractivity (Wildman–Crippen MR) is 117 cm³/mol. The minimum Gasteiger partial charge on any atom is -0.0884 e. The zero-order chi connectivity index (χ0) is 19.2. The van der Waals surface area contributed by atoms with E-state index < -0.39 is 0 Å². The van der Waals surface area contributed by atoms with Crippen molar-refractivity contribution in [2.24, 2.45) is 29.6 Å². The SMILES string of the molecule is CC=C(CC(C)CC(C)C)CC(C)C(C)CCCCCCC(C)CC. The first-order valence-corrected chi connectivity index (χ1v) is 11.4. The van der Waals surface area contributed by atoms with Gasteiger partial charge in [-0.3, -0.25) is 0 Å². The Morgan fingerprint density at radius 2 is 1.32 bits per heavy atom. The summed E-state index contributed by atoms with van der Waals surface area (Å²) in [5, 5.41) is 0. The lowest BCUT2D eigenvalue weighted by Gasteiger charge is -2.23. The van der Waals surface area contributed by atoms with Gasteiger partial charge in [-0.2, -0.15) is 0 Å². The van der Waals surface area contributed by atoms with Crippen molar-refractivity contribution in [3.8, 4) is 0 Å². The van der Waals surface area contributed by atoms with Crippen LogP contribution < -0.4 is 0 Å². The number of hydrogen-bond acceptors (Lipinski definition) is 0. The molecule has 4 atom stereocenters. The molecule has 0 aliphatic carbocycles. The molecule has 0 saturated carbocycles. The van der Waals surface area contributed by atoms with Crippen molar-refractivity contribution in [3.63, 3.8) is 0 Å². The summed E-state index contributed by atoms with van der Waals surface area (Å²) in [4.78, 5) is 0. The minimum absolute atomic E-state index is 0.824. The second-order valence-corrected chi connectivity index (χ2v) is 9.55. The van der Waals surface area contributed by atoms with Crippen LogP contribution in [0.15, 0.2) is 11.6 Å². The molecule has 0 heterocycles. The van der Waals surface area contributed by atoms with E-state index in [4.69, 9.17) is 0 Å². The van der Waals surface area contributed by atoms with Crippen LogP contribution >= 0.6 is 0 Å². The molecule has 0 aromatic carbocycles.